The molecular weight excluding hydrogens is 365 g/mol. The van der Waals surface area contributed by atoms with Gasteiger partial charge in [0.05, 0.1) is 6.04 Å². The van der Waals surface area contributed by atoms with Gasteiger partial charge in [-0.05, 0) is 43.7 Å². The molecule has 2 heterocycles. The number of aromatic nitrogens is 3. The van der Waals surface area contributed by atoms with Gasteiger partial charge in [0, 0.05) is 5.69 Å². The topological polar surface area (TPSA) is 71.8 Å². The van der Waals surface area contributed by atoms with E-state index < -0.39 is 5.25 Å². The zero-order valence-corrected chi connectivity index (χ0v) is 15.6. The van der Waals surface area contributed by atoms with E-state index in [1.807, 2.05) is 38.1 Å². The fourth-order valence-corrected chi connectivity index (χ4v) is 4.06. The van der Waals surface area contributed by atoms with Crippen molar-refractivity contribution in [2.24, 2.45) is 0 Å². The van der Waals surface area contributed by atoms with Crippen LogP contribution in [0.1, 0.15) is 23.0 Å². The highest BCUT2D eigenvalue weighted by Crippen LogP contribution is 2.37. The first kappa shape index (κ1) is 17.5. The minimum atomic E-state index is -0.493. The number of hydrogen-bond donors (Lipinski definition) is 2. The number of benzene rings is 2. The number of hydrogen-bond acceptors (Lipinski definition) is 5. The summed E-state index contributed by atoms with van der Waals surface area (Å²) in [5.74, 6) is 0.226. The summed E-state index contributed by atoms with van der Waals surface area (Å²) < 4.78 is 15.1. The summed E-state index contributed by atoms with van der Waals surface area (Å²) in [5, 5.41) is 11.3. The van der Waals surface area contributed by atoms with Crippen LogP contribution in [0, 0.1) is 19.7 Å². The van der Waals surface area contributed by atoms with Gasteiger partial charge in [-0.1, -0.05) is 41.6 Å². The van der Waals surface area contributed by atoms with Crippen molar-refractivity contribution >= 4 is 23.4 Å². The van der Waals surface area contributed by atoms with Crippen LogP contribution in [0.15, 0.2) is 53.7 Å². The minimum absolute atomic E-state index is 0.155. The quantitative estimate of drug-likeness (QED) is 0.725. The van der Waals surface area contributed by atoms with E-state index in [9.17, 15) is 9.18 Å². The van der Waals surface area contributed by atoms with E-state index in [0.717, 1.165) is 16.8 Å². The molecule has 2 aromatic carbocycles. The summed E-state index contributed by atoms with van der Waals surface area (Å²) >= 11 is 1.34. The van der Waals surface area contributed by atoms with Crippen molar-refractivity contribution in [3.63, 3.8) is 0 Å². The van der Waals surface area contributed by atoms with E-state index in [1.54, 1.807) is 16.8 Å². The van der Waals surface area contributed by atoms with Gasteiger partial charge in [0.25, 0.3) is 0 Å². The van der Waals surface area contributed by atoms with E-state index in [4.69, 9.17) is 0 Å². The van der Waals surface area contributed by atoms with Crippen molar-refractivity contribution in [3.05, 3.63) is 71.3 Å². The number of aryl methyl sites for hydroxylation is 2. The molecule has 2 N–H and O–H groups in total. The molecule has 27 heavy (non-hydrogen) atoms. The summed E-state index contributed by atoms with van der Waals surface area (Å²) in [4.78, 5) is 13.0. The van der Waals surface area contributed by atoms with Crippen LogP contribution in [0.3, 0.4) is 0 Å². The van der Waals surface area contributed by atoms with Gasteiger partial charge in [-0.15, -0.1) is 10.2 Å². The second kappa shape index (κ2) is 7.03. The molecule has 1 aliphatic heterocycles. The van der Waals surface area contributed by atoms with E-state index in [0.29, 0.717) is 11.0 Å². The van der Waals surface area contributed by atoms with Crippen LogP contribution in [0.2, 0.25) is 0 Å². The number of thioether (sulfide) groups is 1. The van der Waals surface area contributed by atoms with Crippen LogP contribution in [0.5, 0.6) is 0 Å². The van der Waals surface area contributed by atoms with Gasteiger partial charge in [-0.2, -0.15) is 0 Å². The molecule has 0 spiro atoms. The van der Waals surface area contributed by atoms with E-state index in [-0.39, 0.29) is 17.8 Å². The zero-order chi connectivity index (χ0) is 19.0. The molecule has 1 amide bonds. The van der Waals surface area contributed by atoms with Crippen molar-refractivity contribution in [2.75, 3.05) is 10.7 Å². The smallest absolute Gasteiger partial charge is 0.240 e. The number of halogens is 1. The molecule has 1 aliphatic rings. The Morgan fingerprint density at radius 1 is 1.11 bits per heavy atom. The molecule has 0 unspecified atom stereocenters. The minimum Gasteiger partial charge on any atom is -0.325 e. The highest BCUT2D eigenvalue weighted by atomic mass is 32.2. The molecule has 1 aromatic heterocycles. The summed E-state index contributed by atoms with van der Waals surface area (Å²) in [5.41, 5.74) is 5.96. The van der Waals surface area contributed by atoms with E-state index in [1.165, 1.54) is 23.9 Å². The van der Waals surface area contributed by atoms with Crippen LogP contribution < -0.4 is 10.7 Å². The standard InChI is InChI=1S/C19H18FN5OS/c1-11-3-9-15(10-4-11)21-18(26)17-16(13-5-7-14(20)8-6-13)24-25-12(2)22-23-19(25)27-17/h3-10,16-17,24H,1-2H3,(H,21,26)/t16-,17-/m0/s1. The third-order valence-corrected chi connectivity index (χ3v) is 5.62. The number of carbonyl (C=O) groups excluding carboxylic acids is 1. The maximum Gasteiger partial charge on any atom is 0.240 e. The van der Waals surface area contributed by atoms with Crippen LogP contribution in [0.4, 0.5) is 10.1 Å². The molecule has 3 aromatic rings. The van der Waals surface area contributed by atoms with Crippen LogP contribution in [-0.2, 0) is 4.79 Å². The van der Waals surface area contributed by atoms with Crippen molar-refractivity contribution in [2.45, 2.75) is 30.3 Å². The number of nitrogens with one attached hydrogen (secondary N) is 2. The first-order valence-corrected chi connectivity index (χ1v) is 9.37. The van der Waals surface area contributed by atoms with Gasteiger partial charge in [-0.3, -0.25) is 4.79 Å². The van der Waals surface area contributed by atoms with Gasteiger partial charge in [0.15, 0.2) is 0 Å². The average Bonchev–Trinajstić information content (AvgIpc) is 3.03. The SMILES string of the molecule is Cc1ccc(NC(=O)[C@H]2Sc3nnc(C)n3N[C@H]2c2ccc(F)cc2)cc1. The molecule has 6 nitrogen and oxygen atoms in total. The second-order valence-corrected chi connectivity index (χ2v) is 7.53. The lowest BCUT2D eigenvalue weighted by atomic mass is 10.0. The number of anilines is 1. The third kappa shape index (κ3) is 3.52. The lowest BCUT2D eigenvalue weighted by Gasteiger charge is -2.32. The van der Waals surface area contributed by atoms with E-state index >= 15 is 0 Å². The monoisotopic (exact) mass is 383 g/mol. The van der Waals surface area contributed by atoms with Gasteiger partial charge < -0.3 is 10.7 Å². The summed E-state index contributed by atoms with van der Waals surface area (Å²) in [6.07, 6.45) is 0. The Balaban J connectivity index is 1.65. The van der Waals surface area contributed by atoms with Crippen LogP contribution in [-0.4, -0.2) is 26.0 Å². The Hall–Kier alpha value is -2.87. The van der Waals surface area contributed by atoms with Crippen molar-refractivity contribution in [1.29, 1.82) is 0 Å². The number of nitrogens with zero attached hydrogens (tertiary/aromatic N) is 3. The molecule has 0 saturated heterocycles. The molecule has 4 rings (SSSR count). The predicted octanol–water partition coefficient (Wildman–Crippen LogP) is 3.43. The second-order valence-electron chi connectivity index (χ2n) is 6.42. The van der Waals surface area contributed by atoms with Gasteiger partial charge in [0.1, 0.15) is 16.9 Å². The maximum atomic E-state index is 13.4. The summed E-state index contributed by atoms with van der Waals surface area (Å²) in [6.45, 7) is 3.82. The summed E-state index contributed by atoms with van der Waals surface area (Å²) in [6, 6.07) is 13.4. The van der Waals surface area contributed by atoms with E-state index in [2.05, 4.69) is 20.9 Å². The molecule has 0 saturated carbocycles. The lowest BCUT2D eigenvalue weighted by Crippen LogP contribution is -2.41. The Morgan fingerprint density at radius 3 is 2.52 bits per heavy atom. The van der Waals surface area contributed by atoms with Gasteiger partial charge in [-0.25, -0.2) is 9.07 Å². The first-order chi connectivity index (χ1) is 13.0. The number of carbonyl (C=O) groups is 1. The number of amides is 1. The fourth-order valence-electron chi connectivity index (χ4n) is 2.93. The lowest BCUT2D eigenvalue weighted by molar-refractivity contribution is -0.116. The largest absolute Gasteiger partial charge is 0.325 e. The first-order valence-electron chi connectivity index (χ1n) is 8.49. The molecule has 0 bridgehead atoms. The third-order valence-electron chi connectivity index (χ3n) is 4.41. The van der Waals surface area contributed by atoms with Gasteiger partial charge in [0.2, 0.25) is 11.1 Å². The van der Waals surface area contributed by atoms with Crippen molar-refractivity contribution in [1.82, 2.24) is 14.9 Å². The highest BCUT2D eigenvalue weighted by molar-refractivity contribution is 8.00. The zero-order valence-electron chi connectivity index (χ0n) is 14.8. The van der Waals surface area contributed by atoms with Crippen molar-refractivity contribution < 1.29 is 9.18 Å². The number of rotatable bonds is 3. The predicted molar refractivity (Wildman–Crippen MR) is 103 cm³/mol. The molecule has 2 atom stereocenters. The molecule has 0 fully saturated rings. The Kier molecular flexibility index (Phi) is 4.57. The molecular formula is C19H18FN5OS. The van der Waals surface area contributed by atoms with Crippen LogP contribution in [0.25, 0.3) is 0 Å². The highest BCUT2D eigenvalue weighted by Gasteiger charge is 2.37. The Labute approximate surface area is 160 Å². The average molecular weight is 383 g/mol. The maximum absolute atomic E-state index is 13.4. The molecule has 8 heteroatoms. The fraction of sp³-hybridized carbons (Fsp3) is 0.211. The number of fused-ring (bicyclic) bond motifs is 1. The molecule has 138 valence electrons. The van der Waals surface area contributed by atoms with Crippen LogP contribution >= 0.6 is 11.8 Å². The van der Waals surface area contributed by atoms with Crippen molar-refractivity contribution in [3.8, 4) is 0 Å². The summed E-state index contributed by atoms with van der Waals surface area (Å²) in [7, 11) is 0. The van der Waals surface area contributed by atoms with Gasteiger partial charge >= 0.3 is 0 Å². The molecule has 0 aliphatic carbocycles. The normalized spacial score (nSPS) is 18.5. The Bertz CT molecular complexity index is 971. The molecule has 0 radical (unpaired) electrons. The Morgan fingerprint density at radius 2 is 1.81 bits per heavy atom.